The molecule has 0 spiro atoms. The smallest absolute Gasteiger partial charge is 0.109 e. The summed E-state index contributed by atoms with van der Waals surface area (Å²) < 4.78 is 0. The van der Waals surface area contributed by atoms with Crippen molar-refractivity contribution < 1.29 is 5.11 Å². The fourth-order valence-electron chi connectivity index (χ4n) is 0.938. The number of nitrogens with one attached hydrogen (secondary N) is 1. The molecule has 0 aromatic carbocycles. The third-order valence-electron chi connectivity index (χ3n) is 1.66. The molecule has 0 fully saturated rings. The quantitative estimate of drug-likeness (QED) is 0.775. The van der Waals surface area contributed by atoms with Crippen LogP contribution in [0, 0.1) is 0 Å². The Balaban J connectivity index is 2.39. The van der Waals surface area contributed by atoms with Gasteiger partial charge in [0.05, 0.1) is 11.6 Å². The minimum atomic E-state index is -0.661. The molecule has 74 valence electrons. The van der Waals surface area contributed by atoms with Gasteiger partial charge in [-0.05, 0) is 20.8 Å². The van der Waals surface area contributed by atoms with Gasteiger partial charge in [-0.25, -0.2) is 4.98 Å². The molecule has 13 heavy (non-hydrogen) atoms. The minimum Gasteiger partial charge on any atom is -0.389 e. The fourth-order valence-corrected chi connectivity index (χ4v) is 1.61. The lowest BCUT2D eigenvalue weighted by Crippen LogP contribution is -2.36. The lowest BCUT2D eigenvalue weighted by Gasteiger charge is -2.20. The van der Waals surface area contributed by atoms with Crippen molar-refractivity contribution in [3.8, 4) is 0 Å². The summed E-state index contributed by atoms with van der Waals surface area (Å²) in [7, 11) is 0. The van der Waals surface area contributed by atoms with Crippen molar-refractivity contribution in [2.24, 2.45) is 0 Å². The molecule has 2 N–H and O–H groups in total. The van der Waals surface area contributed by atoms with Crippen LogP contribution >= 0.6 is 11.3 Å². The summed E-state index contributed by atoms with van der Waals surface area (Å²) in [5, 5.41) is 15.7. The Kier molecular flexibility index (Phi) is 3.41. The van der Waals surface area contributed by atoms with Crippen molar-refractivity contribution in [3.05, 3.63) is 16.6 Å². The van der Waals surface area contributed by atoms with E-state index in [1.54, 1.807) is 31.4 Å². The third-order valence-corrected chi connectivity index (χ3v) is 2.62. The van der Waals surface area contributed by atoms with E-state index >= 15 is 0 Å². The van der Waals surface area contributed by atoms with Crippen molar-refractivity contribution >= 4 is 11.3 Å². The summed E-state index contributed by atoms with van der Waals surface area (Å²) in [6.45, 7) is 6.20. The van der Waals surface area contributed by atoms with Gasteiger partial charge in [-0.15, -0.1) is 11.3 Å². The predicted molar refractivity (Wildman–Crippen MR) is 54.8 cm³/mol. The first kappa shape index (κ1) is 10.6. The van der Waals surface area contributed by atoms with Crippen LogP contribution in [0.3, 0.4) is 0 Å². The van der Waals surface area contributed by atoms with E-state index in [0.717, 1.165) is 5.01 Å². The molecule has 1 aromatic rings. The van der Waals surface area contributed by atoms with Crippen LogP contribution in [0.5, 0.6) is 0 Å². The summed E-state index contributed by atoms with van der Waals surface area (Å²) in [4.78, 5) is 4.19. The van der Waals surface area contributed by atoms with Crippen LogP contribution in [0.1, 0.15) is 31.8 Å². The topological polar surface area (TPSA) is 45.1 Å². The number of nitrogens with zero attached hydrogens (tertiary/aromatic N) is 1. The van der Waals surface area contributed by atoms with Crippen molar-refractivity contribution in [2.45, 2.75) is 32.4 Å². The molecule has 1 aromatic heterocycles. The van der Waals surface area contributed by atoms with Crippen LogP contribution < -0.4 is 5.32 Å². The molecule has 0 saturated heterocycles. The zero-order valence-corrected chi connectivity index (χ0v) is 9.06. The number of aliphatic hydroxyl groups is 1. The normalized spacial score (nSPS) is 14.5. The average molecular weight is 200 g/mol. The average Bonchev–Trinajstić information content (AvgIpc) is 2.50. The molecule has 4 heteroatoms. The van der Waals surface area contributed by atoms with Crippen molar-refractivity contribution in [3.63, 3.8) is 0 Å². The van der Waals surface area contributed by atoms with Crippen LogP contribution in [-0.2, 0) is 0 Å². The van der Waals surface area contributed by atoms with E-state index in [1.165, 1.54) is 0 Å². The second kappa shape index (κ2) is 4.17. The van der Waals surface area contributed by atoms with Gasteiger partial charge in [0, 0.05) is 18.1 Å². The van der Waals surface area contributed by atoms with Crippen molar-refractivity contribution in [1.29, 1.82) is 0 Å². The Morgan fingerprint density at radius 1 is 1.69 bits per heavy atom. The van der Waals surface area contributed by atoms with Crippen LogP contribution in [0.2, 0.25) is 0 Å². The van der Waals surface area contributed by atoms with Gasteiger partial charge in [0.2, 0.25) is 0 Å². The Bertz CT molecular complexity index is 241. The summed E-state index contributed by atoms with van der Waals surface area (Å²) in [5.41, 5.74) is -0.661. The second-order valence-electron chi connectivity index (χ2n) is 3.79. The van der Waals surface area contributed by atoms with Crippen molar-refractivity contribution in [1.82, 2.24) is 10.3 Å². The molecular weight excluding hydrogens is 184 g/mol. The maximum atomic E-state index is 9.48. The van der Waals surface area contributed by atoms with Gasteiger partial charge >= 0.3 is 0 Å². The van der Waals surface area contributed by atoms with Gasteiger partial charge in [0.15, 0.2) is 0 Å². The zero-order valence-electron chi connectivity index (χ0n) is 8.24. The summed E-state index contributed by atoms with van der Waals surface area (Å²) in [6, 6.07) is 0.214. The highest BCUT2D eigenvalue weighted by Crippen LogP contribution is 2.15. The molecule has 0 aliphatic heterocycles. The molecule has 0 saturated carbocycles. The number of rotatable bonds is 4. The third kappa shape index (κ3) is 3.85. The molecule has 0 aliphatic rings. The first-order valence-electron chi connectivity index (χ1n) is 4.34. The number of hydrogen-bond donors (Lipinski definition) is 2. The largest absolute Gasteiger partial charge is 0.389 e. The summed E-state index contributed by atoms with van der Waals surface area (Å²) in [6.07, 6.45) is 1.79. The van der Waals surface area contributed by atoms with Gasteiger partial charge < -0.3 is 10.4 Å². The number of aromatic nitrogens is 1. The lowest BCUT2D eigenvalue weighted by atomic mass is 10.1. The molecule has 0 bridgehead atoms. The molecule has 3 nitrogen and oxygen atoms in total. The Labute approximate surface area is 82.8 Å². The van der Waals surface area contributed by atoms with Crippen molar-refractivity contribution in [2.75, 3.05) is 6.54 Å². The first-order chi connectivity index (χ1) is 5.99. The van der Waals surface area contributed by atoms with Crippen LogP contribution in [0.15, 0.2) is 11.6 Å². The van der Waals surface area contributed by atoms with Gasteiger partial charge in [0.25, 0.3) is 0 Å². The number of thiazole rings is 1. The SMILES string of the molecule is C[C@@H](NCC(C)(C)O)c1nccs1. The summed E-state index contributed by atoms with van der Waals surface area (Å²) >= 11 is 1.63. The van der Waals surface area contributed by atoms with E-state index < -0.39 is 5.60 Å². The molecular formula is C9H16N2OS. The van der Waals surface area contributed by atoms with Crippen LogP contribution in [-0.4, -0.2) is 22.2 Å². The standard InChI is InChI=1S/C9H16N2OS/c1-7(8-10-4-5-13-8)11-6-9(2,3)12/h4-5,7,11-12H,6H2,1-3H3/t7-/m1/s1. The summed E-state index contributed by atoms with van der Waals surface area (Å²) in [5.74, 6) is 0. The molecule has 1 heterocycles. The maximum absolute atomic E-state index is 9.48. The predicted octanol–water partition coefficient (Wildman–Crippen LogP) is 1.56. The molecule has 0 unspecified atom stereocenters. The van der Waals surface area contributed by atoms with E-state index in [4.69, 9.17) is 0 Å². The lowest BCUT2D eigenvalue weighted by molar-refractivity contribution is 0.0770. The molecule has 0 aliphatic carbocycles. The van der Waals surface area contributed by atoms with E-state index in [0.29, 0.717) is 6.54 Å². The molecule has 0 amide bonds. The molecule has 0 radical (unpaired) electrons. The highest BCUT2D eigenvalue weighted by Gasteiger charge is 2.15. The maximum Gasteiger partial charge on any atom is 0.109 e. The van der Waals surface area contributed by atoms with E-state index in [-0.39, 0.29) is 6.04 Å². The molecule has 1 atom stereocenters. The van der Waals surface area contributed by atoms with Gasteiger partial charge in [-0.1, -0.05) is 0 Å². The van der Waals surface area contributed by atoms with Crippen LogP contribution in [0.4, 0.5) is 0 Å². The Hall–Kier alpha value is -0.450. The Morgan fingerprint density at radius 3 is 2.85 bits per heavy atom. The van der Waals surface area contributed by atoms with Gasteiger partial charge in [-0.2, -0.15) is 0 Å². The van der Waals surface area contributed by atoms with Crippen LogP contribution in [0.25, 0.3) is 0 Å². The van der Waals surface area contributed by atoms with E-state index in [2.05, 4.69) is 10.3 Å². The van der Waals surface area contributed by atoms with E-state index in [9.17, 15) is 5.11 Å². The first-order valence-corrected chi connectivity index (χ1v) is 5.22. The minimum absolute atomic E-state index is 0.214. The second-order valence-corrected chi connectivity index (χ2v) is 4.71. The fraction of sp³-hybridized carbons (Fsp3) is 0.667. The number of hydrogen-bond acceptors (Lipinski definition) is 4. The highest BCUT2D eigenvalue weighted by atomic mass is 32.1. The molecule has 1 rings (SSSR count). The monoisotopic (exact) mass is 200 g/mol. The zero-order chi connectivity index (χ0) is 9.90. The Morgan fingerprint density at radius 2 is 2.38 bits per heavy atom. The highest BCUT2D eigenvalue weighted by molar-refractivity contribution is 7.09. The van der Waals surface area contributed by atoms with E-state index in [1.807, 2.05) is 12.3 Å². The van der Waals surface area contributed by atoms with Gasteiger partial charge in [-0.3, -0.25) is 0 Å². The van der Waals surface area contributed by atoms with Gasteiger partial charge in [0.1, 0.15) is 5.01 Å².